The zero-order chi connectivity index (χ0) is 20.3. The Balaban J connectivity index is 1.43. The van der Waals surface area contributed by atoms with Gasteiger partial charge in [0.2, 0.25) is 5.88 Å². The third-order valence-corrected chi connectivity index (χ3v) is 4.65. The van der Waals surface area contributed by atoms with Crippen molar-refractivity contribution in [1.29, 1.82) is 0 Å². The first-order valence-corrected chi connectivity index (χ1v) is 9.43. The zero-order valence-corrected chi connectivity index (χ0v) is 15.8. The second kappa shape index (κ2) is 7.75. The van der Waals surface area contributed by atoms with Crippen LogP contribution in [0.25, 0.3) is 33.5 Å². The molecule has 5 rings (SSSR count). The Labute approximate surface area is 171 Å². The first kappa shape index (κ1) is 18.0. The Morgan fingerprint density at radius 3 is 2.40 bits per heavy atom. The second-order valence-electron chi connectivity index (χ2n) is 6.71. The number of ether oxygens (including phenoxy) is 1. The number of halogens is 1. The summed E-state index contributed by atoms with van der Waals surface area (Å²) in [4.78, 5) is 9.28. The van der Waals surface area contributed by atoms with E-state index in [2.05, 4.69) is 15.1 Å². The molecule has 2 aromatic heterocycles. The zero-order valence-electron chi connectivity index (χ0n) is 15.8. The lowest BCUT2D eigenvalue weighted by atomic mass is 10.1. The van der Waals surface area contributed by atoms with Crippen LogP contribution in [0.2, 0.25) is 0 Å². The minimum absolute atomic E-state index is 0.156. The SMILES string of the molecule is Fc1ccc(-c2cc(COc3nc(-c4ccccc4)nc4ccccc34)on2)cc1. The van der Waals surface area contributed by atoms with Crippen LogP contribution in [-0.2, 0) is 6.61 Å². The summed E-state index contributed by atoms with van der Waals surface area (Å²) in [5.41, 5.74) is 3.09. The molecule has 3 aromatic carbocycles. The van der Waals surface area contributed by atoms with Gasteiger partial charge in [-0.25, -0.2) is 9.37 Å². The number of hydrogen-bond donors (Lipinski definition) is 0. The van der Waals surface area contributed by atoms with Crippen molar-refractivity contribution < 1.29 is 13.7 Å². The van der Waals surface area contributed by atoms with E-state index in [0.717, 1.165) is 22.0 Å². The van der Waals surface area contributed by atoms with Crippen molar-refractivity contribution >= 4 is 10.9 Å². The number of aromatic nitrogens is 3. The van der Waals surface area contributed by atoms with Gasteiger partial charge in [0, 0.05) is 17.2 Å². The van der Waals surface area contributed by atoms with Crippen LogP contribution in [-0.4, -0.2) is 15.1 Å². The molecule has 30 heavy (non-hydrogen) atoms. The summed E-state index contributed by atoms with van der Waals surface area (Å²) >= 11 is 0. The molecular formula is C24H16FN3O2. The molecule has 146 valence electrons. The fourth-order valence-electron chi connectivity index (χ4n) is 3.15. The van der Waals surface area contributed by atoms with E-state index >= 15 is 0 Å². The molecule has 5 aromatic rings. The predicted molar refractivity (Wildman–Crippen MR) is 111 cm³/mol. The van der Waals surface area contributed by atoms with E-state index < -0.39 is 0 Å². The third kappa shape index (κ3) is 3.63. The Morgan fingerprint density at radius 2 is 1.57 bits per heavy atom. The van der Waals surface area contributed by atoms with Crippen molar-refractivity contribution in [2.24, 2.45) is 0 Å². The van der Waals surface area contributed by atoms with Gasteiger partial charge >= 0.3 is 0 Å². The molecule has 0 aliphatic rings. The summed E-state index contributed by atoms with van der Waals surface area (Å²) in [6, 6.07) is 25.3. The minimum Gasteiger partial charge on any atom is -0.469 e. The van der Waals surface area contributed by atoms with Crippen molar-refractivity contribution in [3.05, 3.63) is 96.5 Å². The molecule has 5 nitrogen and oxygen atoms in total. The van der Waals surface area contributed by atoms with Crippen molar-refractivity contribution in [3.63, 3.8) is 0 Å². The van der Waals surface area contributed by atoms with Gasteiger partial charge in [0.1, 0.15) is 11.5 Å². The first-order chi connectivity index (χ1) is 14.8. The van der Waals surface area contributed by atoms with E-state index in [1.54, 1.807) is 18.2 Å². The smallest absolute Gasteiger partial charge is 0.225 e. The van der Waals surface area contributed by atoms with Gasteiger partial charge in [0.25, 0.3) is 0 Å². The number of hydrogen-bond acceptors (Lipinski definition) is 5. The molecule has 0 aliphatic carbocycles. The molecule has 0 N–H and O–H groups in total. The van der Waals surface area contributed by atoms with Crippen LogP contribution < -0.4 is 4.74 Å². The summed E-state index contributed by atoms with van der Waals surface area (Å²) in [6.07, 6.45) is 0. The molecule has 0 radical (unpaired) electrons. The van der Waals surface area contributed by atoms with Crippen LogP contribution in [0, 0.1) is 5.82 Å². The van der Waals surface area contributed by atoms with E-state index in [1.807, 2.05) is 54.6 Å². The number of benzene rings is 3. The highest BCUT2D eigenvalue weighted by atomic mass is 19.1. The lowest BCUT2D eigenvalue weighted by Crippen LogP contribution is -2.00. The highest BCUT2D eigenvalue weighted by molar-refractivity contribution is 5.85. The monoisotopic (exact) mass is 397 g/mol. The van der Waals surface area contributed by atoms with Crippen molar-refractivity contribution in [3.8, 4) is 28.5 Å². The van der Waals surface area contributed by atoms with E-state index in [1.165, 1.54) is 12.1 Å². The lowest BCUT2D eigenvalue weighted by molar-refractivity contribution is 0.244. The average molecular weight is 397 g/mol. The maximum Gasteiger partial charge on any atom is 0.225 e. The quantitative estimate of drug-likeness (QED) is 0.382. The highest BCUT2D eigenvalue weighted by Gasteiger charge is 2.12. The molecular weight excluding hydrogens is 381 g/mol. The largest absolute Gasteiger partial charge is 0.469 e. The molecule has 0 amide bonds. The fraction of sp³-hybridized carbons (Fsp3) is 0.0417. The van der Waals surface area contributed by atoms with Crippen LogP contribution in [0.5, 0.6) is 5.88 Å². The van der Waals surface area contributed by atoms with Gasteiger partial charge in [0.15, 0.2) is 18.2 Å². The van der Waals surface area contributed by atoms with E-state index in [0.29, 0.717) is 23.2 Å². The normalized spacial score (nSPS) is 11.0. The summed E-state index contributed by atoms with van der Waals surface area (Å²) in [5.74, 6) is 1.31. The van der Waals surface area contributed by atoms with Crippen molar-refractivity contribution in [2.75, 3.05) is 0 Å². The topological polar surface area (TPSA) is 61.0 Å². The minimum atomic E-state index is -0.296. The van der Waals surface area contributed by atoms with Crippen LogP contribution in [0.3, 0.4) is 0 Å². The maximum absolute atomic E-state index is 13.1. The Kier molecular flexibility index (Phi) is 4.65. The Morgan fingerprint density at radius 1 is 0.800 bits per heavy atom. The number of nitrogens with zero attached hydrogens (tertiary/aromatic N) is 3. The maximum atomic E-state index is 13.1. The average Bonchev–Trinajstić information content (AvgIpc) is 3.27. The van der Waals surface area contributed by atoms with Gasteiger partial charge < -0.3 is 9.26 Å². The van der Waals surface area contributed by atoms with Crippen molar-refractivity contribution in [1.82, 2.24) is 15.1 Å². The Hall–Kier alpha value is -4.06. The summed E-state index contributed by atoms with van der Waals surface area (Å²) in [5, 5.41) is 4.86. The van der Waals surface area contributed by atoms with Gasteiger partial charge in [-0.05, 0) is 36.4 Å². The molecule has 0 spiro atoms. The van der Waals surface area contributed by atoms with Gasteiger partial charge in [-0.2, -0.15) is 4.98 Å². The summed E-state index contributed by atoms with van der Waals surface area (Å²) < 4.78 is 24.5. The van der Waals surface area contributed by atoms with E-state index in [-0.39, 0.29) is 12.4 Å². The molecule has 0 fully saturated rings. The molecule has 0 atom stereocenters. The van der Waals surface area contributed by atoms with Gasteiger partial charge in [-0.15, -0.1) is 0 Å². The lowest BCUT2D eigenvalue weighted by Gasteiger charge is -2.09. The second-order valence-corrected chi connectivity index (χ2v) is 6.71. The number of rotatable bonds is 5. The highest BCUT2D eigenvalue weighted by Crippen LogP contribution is 2.27. The Bertz CT molecular complexity index is 1300. The van der Waals surface area contributed by atoms with Crippen LogP contribution in [0.4, 0.5) is 4.39 Å². The number of fused-ring (bicyclic) bond motifs is 1. The molecule has 0 aliphatic heterocycles. The molecule has 2 heterocycles. The van der Waals surface area contributed by atoms with Crippen molar-refractivity contribution in [2.45, 2.75) is 6.61 Å². The van der Waals surface area contributed by atoms with Crippen LogP contribution in [0.1, 0.15) is 5.76 Å². The molecule has 0 saturated carbocycles. The van der Waals surface area contributed by atoms with E-state index in [4.69, 9.17) is 9.26 Å². The van der Waals surface area contributed by atoms with Crippen LogP contribution >= 0.6 is 0 Å². The summed E-state index contributed by atoms with van der Waals surface area (Å²) in [7, 11) is 0. The fourth-order valence-corrected chi connectivity index (χ4v) is 3.15. The van der Waals surface area contributed by atoms with E-state index in [9.17, 15) is 4.39 Å². The molecule has 0 saturated heterocycles. The number of para-hydroxylation sites is 1. The standard InChI is InChI=1S/C24H16FN3O2/c25-18-12-10-16(11-13-18)22-14-19(30-28-22)15-29-24-20-8-4-5-9-21(20)26-23(27-24)17-6-2-1-3-7-17/h1-14H,15H2. The predicted octanol–water partition coefficient (Wildman–Crippen LogP) is 5.67. The molecule has 0 unspecified atom stereocenters. The van der Waals surface area contributed by atoms with Gasteiger partial charge in [-0.3, -0.25) is 0 Å². The summed E-state index contributed by atoms with van der Waals surface area (Å²) in [6.45, 7) is 0.156. The third-order valence-electron chi connectivity index (χ3n) is 4.65. The molecule has 6 heteroatoms. The first-order valence-electron chi connectivity index (χ1n) is 9.43. The van der Waals surface area contributed by atoms with Gasteiger partial charge in [-0.1, -0.05) is 47.6 Å². The molecule has 0 bridgehead atoms. The van der Waals surface area contributed by atoms with Crippen LogP contribution in [0.15, 0.2) is 89.5 Å². The van der Waals surface area contributed by atoms with Gasteiger partial charge in [0.05, 0.1) is 10.9 Å².